The summed E-state index contributed by atoms with van der Waals surface area (Å²) >= 11 is 9.56. The molecule has 2 aromatic rings. The van der Waals surface area contributed by atoms with E-state index in [1.807, 2.05) is 19.1 Å². The van der Waals surface area contributed by atoms with Crippen molar-refractivity contribution in [2.75, 3.05) is 0 Å². The Kier molecular flexibility index (Phi) is 2.61. The molecular weight excluding hydrogens is 265 g/mol. The molecule has 0 N–H and O–H groups in total. The van der Waals surface area contributed by atoms with Crippen molar-refractivity contribution >= 4 is 27.5 Å². The van der Waals surface area contributed by atoms with Crippen LogP contribution in [0.2, 0.25) is 5.02 Å². The highest BCUT2D eigenvalue weighted by Crippen LogP contribution is 2.36. The van der Waals surface area contributed by atoms with Gasteiger partial charge in [-0.25, -0.2) is 4.98 Å². The summed E-state index contributed by atoms with van der Waals surface area (Å²) in [5.41, 5.74) is 1.96. The number of halogens is 2. The molecule has 0 spiro atoms. The van der Waals surface area contributed by atoms with Crippen LogP contribution < -0.4 is 0 Å². The molecule has 1 heterocycles. The number of aryl methyl sites for hydroxylation is 1. The van der Waals surface area contributed by atoms with Crippen LogP contribution in [0.1, 0.15) is 5.56 Å². The lowest BCUT2D eigenvalue weighted by atomic mass is 10.1. The molecule has 0 radical (unpaired) electrons. The first kappa shape index (κ1) is 9.74. The zero-order valence-corrected chi connectivity index (χ0v) is 9.76. The molecule has 1 aromatic heterocycles. The van der Waals surface area contributed by atoms with Gasteiger partial charge >= 0.3 is 0 Å². The molecule has 1 aromatic carbocycles. The van der Waals surface area contributed by atoms with Gasteiger partial charge in [0.15, 0.2) is 12.2 Å². The van der Waals surface area contributed by atoms with Crippen LogP contribution in [0.3, 0.4) is 0 Å². The number of oxazole rings is 1. The number of rotatable bonds is 1. The van der Waals surface area contributed by atoms with Gasteiger partial charge in [-0.2, -0.15) is 0 Å². The van der Waals surface area contributed by atoms with Gasteiger partial charge in [0.05, 0.1) is 16.8 Å². The van der Waals surface area contributed by atoms with Crippen molar-refractivity contribution in [3.05, 3.63) is 39.8 Å². The van der Waals surface area contributed by atoms with Gasteiger partial charge in [0.1, 0.15) is 0 Å². The molecule has 14 heavy (non-hydrogen) atoms. The molecule has 0 saturated heterocycles. The van der Waals surface area contributed by atoms with E-state index < -0.39 is 0 Å². The van der Waals surface area contributed by atoms with Crippen LogP contribution in [0.5, 0.6) is 0 Å². The lowest BCUT2D eigenvalue weighted by Crippen LogP contribution is -1.83. The average molecular weight is 273 g/mol. The largest absolute Gasteiger partial charge is 0.443 e. The minimum Gasteiger partial charge on any atom is -0.443 e. The zero-order chi connectivity index (χ0) is 10.1. The maximum atomic E-state index is 6.08. The van der Waals surface area contributed by atoms with Crippen LogP contribution >= 0.6 is 27.5 Å². The van der Waals surface area contributed by atoms with E-state index in [4.69, 9.17) is 16.0 Å². The molecule has 2 rings (SSSR count). The summed E-state index contributed by atoms with van der Waals surface area (Å²) in [5, 5.41) is 0.652. The summed E-state index contributed by atoms with van der Waals surface area (Å²) in [6.45, 7) is 2.00. The molecule has 0 aliphatic carbocycles. The number of hydrogen-bond acceptors (Lipinski definition) is 2. The van der Waals surface area contributed by atoms with E-state index in [0.29, 0.717) is 10.8 Å². The first-order chi connectivity index (χ1) is 6.70. The van der Waals surface area contributed by atoms with E-state index in [0.717, 1.165) is 15.6 Å². The molecule has 72 valence electrons. The number of benzene rings is 1. The van der Waals surface area contributed by atoms with Crippen molar-refractivity contribution in [3.8, 4) is 11.3 Å². The van der Waals surface area contributed by atoms with Crippen molar-refractivity contribution in [2.24, 2.45) is 0 Å². The minimum atomic E-state index is 0.652. The van der Waals surface area contributed by atoms with Crippen LogP contribution in [-0.4, -0.2) is 4.98 Å². The number of nitrogens with zero attached hydrogens (tertiary/aromatic N) is 1. The quantitative estimate of drug-likeness (QED) is 0.782. The predicted molar refractivity (Wildman–Crippen MR) is 59.4 cm³/mol. The second kappa shape index (κ2) is 3.75. The minimum absolute atomic E-state index is 0.652. The summed E-state index contributed by atoms with van der Waals surface area (Å²) < 4.78 is 6.16. The highest BCUT2D eigenvalue weighted by molar-refractivity contribution is 9.10. The standard InChI is InChI=1S/C10H7BrClNO/c1-6-2-3-7(12)9(10(6)11)8-4-13-5-14-8/h2-5H,1H3. The second-order valence-electron chi connectivity index (χ2n) is 2.92. The molecule has 0 bridgehead atoms. The van der Waals surface area contributed by atoms with E-state index in [9.17, 15) is 0 Å². The lowest BCUT2D eigenvalue weighted by Gasteiger charge is -2.05. The van der Waals surface area contributed by atoms with E-state index in [1.54, 1.807) is 6.20 Å². The van der Waals surface area contributed by atoms with Gasteiger partial charge in [0, 0.05) is 4.47 Å². The Morgan fingerprint density at radius 3 is 2.86 bits per heavy atom. The van der Waals surface area contributed by atoms with Gasteiger partial charge in [-0.1, -0.05) is 17.7 Å². The average Bonchev–Trinajstić information content (AvgIpc) is 2.65. The van der Waals surface area contributed by atoms with Crippen molar-refractivity contribution in [3.63, 3.8) is 0 Å². The van der Waals surface area contributed by atoms with Crippen LogP contribution in [0.4, 0.5) is 0 Å². The Labute approximate surface area is 95.0 Å². The van der Waals surface area contributed by atoms with Crippen molar-refractivity contribution < 1.29 is 4.42 Å². The summed E-state index contributed by atoms with van der Waals surface area (Å²) in [7, 11) is 0. The Bertz CT molecular complexity index is 453. The molecule has 0 aliphatic heterocycles. The van der Waals surface area contributed by atoms with Gasteiger partial charge < -0.3 is 4.42 Å². The normalized spacial score (nSPS) is 10.5. The van der Waals surface area contributed by atoms with Crippen LogP contribution in [0.15, 0.2) is 33.6 Å². The van der Waals surface area contributed by atoms with Gasteiger partial charge in [-0.3, -0.25) is 0 Å². The topological polar surface area (TPSA) is 26.0 Å². The van der Waals surface area contributed by atoms with Crippen LogP contribution in [0.25, 0.3) is 11.3 Å². The Balaban J connectivity index is 2.69. The summed E-state index contributed by atoms with van der Waals surface area (Å²) in [6.07, 6.45) is 3.03. The lowest BCUT2D eigenvalue weighted by molar-refractivity contribution is 0.571. The first-order valence-corrected chi connectivity index (χ1v) is 5.20. The monoisotopic (exact) mass is 271 g/mol. The predicted octanol–water partition coefficient (Wildman–Crippen LogP) is 4.07. The maximum Gasteiger partial charge on any atom is 0.181 e. The number of aromatic nitrogens is 1. The Morgan fingerprint density at radius 1 is 1.43 bits per heavy atom. The third-order valence-electron chi connectivity index (χ3n) is 1.96. The highest BCUT2D eigenvalue weighted by Gasteiger charge is 2.12. The fourth-order valence-electron chi connectivity index (χ4n) is 1.22. The van der Waals surface area contributed by atoms with E-state index in [-0.39, 0.29) is 0 Å². The molecular formula is C10H7BrClNO. The van der Waals surface area contributed by atoms with Crippen LogP contribution in [-0.2, 0) is 0 Å². The zero-order valence-electron chi connectivity index (χ0n) is 7.42. The van der Waals surface area contributed by atoms with Crippen molar-refractivity contribution in [1.29, 1.82) is 0 Å². The second-order valence-corrected chi connectivity index (χ2v) is 4.12. The smallest absolute Gasteiger partial charge is 0.181 e. The third-order valence-corrected chi connectivity index (χ3v) is 3.30. The van der Waals surface area contributed by atoms with Gasteiger partial charge in [0.2, 0.25) is 0 Å². The summed E-state index contributed by atoms with van der Waals surface area (Å²) in [4.78, 5) is 3.86. The third kappa shape index (κ3) is 1.57. The molecule has 0 unspecified atom stereocenters. The fourth-order valence-corrected chi connectivity index (χ4v) is 2.13. The van der Waals surface area contributed by atoms with E-state index >= 15 is 0 Å². The fraction of sp³-hybridized carbons (Fsp3) is 0.100. The Morgan fingerprint density at radius 2 is 2.21 bits per heavy atom. The maximum absolute atomic E-state index is 6.08. The van der Waals surface area contributed by atoms with Crippen molar-refractivity contribution in [2.45, 2.75) is 6.92 Å². The first-order valence-electron chi connectivity index (χ1n) is 4.03. The molecule has 0 fully saturated rings. The Hall–Kier alpha value is -0.800. The SMILES string of the molecule is Cc1ccc(Cl)c(-c2cnco2)c1Br. The highest BCUT2D eigenvalue weighted by atomic mass is 79.9. The molecule has 0 saturated carbocycles. The number of hydrogen-bond donors (Lipinski definition) is 0. The molecule has 4 heteroatoms. The molecule has 0 aliphatic rings. The molecule has 0 amide bonds. The van der Waals surface area contributed by atoms with E-state index in [1.165, 1.54) is 6.39 Å². The van der Waals surface area contributed by atoms with Crippen LogP contribution in [0, 0.1) is 6.92 Å². The van der Waals surface area contributed by atoms with Crippen molar-refractivity contribution in [1.82, 2.24) is 4.98 Å². The van der Waals surface area contributed by atoms with Gasteiger partial charge in [-0.15, -0.1) is 0 Å². The summed E-state index contributed by atoms with van der Waals surface area (Å²) in [5.74, 6) is 0.672. The van der Waals surface area contributed by atoms with Gasteiger partial charge in [0.25, 0.3) is 0 Å². The van der Waals surface area contributed by atoms with Gasteiger partial charge in [-0.05, 0) is 34.5 Å². The van der Waals surface area contributed by atoms with E-state index in [2.05, 4.69) is 20.9 Å². The summed E-state index contributed by atoms with van der Waals surface area (Å²) in [6, 6.07) is 3.80. The molecule has 0 atom stereocenters. The molecule has 2 nitrogen and oxygen atoms in total.